The van der Waals surface area contributed by atoms with E-state index in [2.05, 4.69) is 20.8 Å². The van der Waals surface area contributed by atoms with Crippen LogP contribution in [0.15, 0.2) is 17.0 Å². The van der Waals surface area contributed by atoms with Gasteiger partial charge in [-0.1, -0.05) is 123 Å². The minimum absolute atomic E-state index is 0. The molecule has 0 saturated carbocycles. The Morgan fingerprint density at radius 1 is 0.643 bits per heavy atom. The van der Waals surface area contributed by atoms with Crippen LogP contribution in [0.25, 0.3) is 0 Å². The molecule has 0 aliphatic carbocycles. The van der Waals surface area contributed by atoms with E-state index in [9.17, 15) is 13.0 Å². The van der Waals surface area contributed by atoms with Gasteiger partial charge in [-0.15, -0.1) is 0 Å². The summed E-state index contributed by atoms with van der Waals surface area (Å²) in [6, 6.07) is 3.57. The zero-order chi connectivity index (χ0) is 30.9. The molecule has 0 radical (unpaired) electrons. The second-order valence-electron chi connectivity index (χ2n) is 11.1. The molecule has 0 fully saturated rings. The molecule has 0 spiro atoms. The topological polar surface area (TPSA) is 169 Å². The van der Waals surface area contributed by atoms with Gasteiger partial charge in [-0.3, -0.25) is 16.1 Å². The molecule has 42 heavy (non-hydrogen) atoms. The summed E-state index contributed by atoms with van der Waals surface area (Å²) in [7, 11) is -4.45. The number of nitrogens with one attached hydrogen (secondary N) is 3. The summed E-state index contributed by atoms with van der Waals surface area (Å²) in [5.41, 5.74) is 12.8. The number of nitrogens with two attached hydrogens (primary N) is 2. The van der Waals surface area contributed by atoms with Crippen LogP contribution in [0.1, 0.15) is 153 Å². The van der Waals surface area contributed by atoms with Crippen molar-refractivity contribution in [2.45, 2.75) is 161 Å². The molecule has 0 aliphatic rings. The van der Waals surface area contributed by atoms with Crippen LogP contribution in [-0.2, 0) is 29.4 Å². The number of unbranched alkanes of at least 4 members (excludes halogenated alkanes) is 15. The Hall–Kier alpha value is -1.13. The van der Waals surface area contributed by atoms with Gasteiger partial charge in [-0.25, -0.2) is 8.42 Å². The molecule has 8 nitrogen and oxygen atoms in total. The number of hydrogen-bond donors (Lipinski definition) is 5. The van der Waals surface area contributed by atoms with Crippen molar-refractivity contribution >= 4 is 22.0 Å². The summed E-state index contributed by atoms with van der Waals surface area (Å²) < 4.78 is 36.4. The number of hydrogen-bond acceptors (Lipinski definition) is 5. The normalized spacial score (nSPS) is 10.9. The zero-order valence-electron chi connectivity index (χ0n) is 27.3. The van der Waals surface area contributed by atoms with E-state index in [1.54, 1.807) is 6.07 Å². The Bertz CT molecular complexity index is 946. The van der Waals surface area contributed by atoms with Gasteiger partial charge in [0.25, 0.3) is 0 Å². The SMILES string of the molecule is CCCCCCCCc1ccc(S(=O)(=O)[O-])c(CCCCCCCC)c1CCCCCCCC.N=C(N)NC(=N)N.[Na+]. The summed E-state index contributed by atoms with van der Waals surface area (Å²) in [5.74, 6) is -0.625. The monoisotopic (exact) mass is 617 g/mol. The van der Waals surface area contributed by atoms with E-state index in [0.717, 1.165) is 50.5 Å². The van der Waals surface area contributed by atoms with Crippen molar-refractivity contribution in [2.24, 2.45) is 11.5 Å². The summed E-state index contributed by atoms with van der Waals surface area (Å²) in [6.07, 6.45) is 24.5. The van der Waals surface area contributed by atoms with Gasteiger partial charge in [0.1, 0.15) is 10.1 Å². The van der Waals surface area contributed by atoms with Gasteiger partial charge in [0.15, 0.2) is 11.9 Å². The molecule has 0 unspecified atom stereocenters. The van der Waals surface area contributed by atoms with Gasteiger partial charge in [-0.2, -0.15) is 0 Å². The van der Waals surface area contributed by atoms with Gasteiger partial charge >= 0.3 is 29.6 Å². The van der Waals surface area contributed by atoms with Crippen molar-refractivity contribution in [3.05, 3.63) is 28.8 Å². The van der Waals surface area contributed by atoms with E-state index in [-0.39, 0.29) is 46.4 Å². The summed E-state index contributed by atoms with van der Waals surface area (Å²) in [6.45, 7) is 6.69. The van der Waals surface area contributed by atoms with E-state index >= 15 is 0 Å². The minimum atomic E-state index is -4.45. The molecule has 238 valence electrons. The molecule has 1 rings (SSSR count). The van der Waals surface area contributed by atoms with Gasteiger partial charge in [0.2, 0.25) is 0 Å². The molecular formula is C32H60N5NaO3S. The van der Waals surface area contributed by atoms with E-state index in [4.69, 9.17) is 22.3 Å². The van der Waals surface area contributed by atoms with Crippen molar-refractivity contribution in [1.29, 1.82) is 10.8 Å². The van der Waals surface area contributed by atoms with Crippen LogP contribution < -0.4 is 46.3 Å². The Labute approximate surface area is 280 Å². The molecule has 0 bridgehead atoms. The van der Waals surface area contributed by atoms with Crippen molar-refractivity contribution in [2.75, 3.05) is 0 Å². The van der Waals surface area contributed by atoms with Crippen molar-refractivity contribution in [3.63, 3.8) is 0 Å². The number of benzene rings is 1. The number of aryl methyl sites for hydroxylation is 1. The fourth-order valence-electron chi connectivity index (χ4n) is 5.18. The van der Waals surface area contributed by atoms with Crippen molar-refractivity contribution in [3.8, 4) is 0 Å². The van der Waals surface area contributed by atoms with Crippen LogP contribution >= 0.6 is 0 Å². The van der Waals surface area contributed by atoms with Gasteiger partial charge in [0, 0.05) is 0 Å². The molecule has 0 atom stereocenters. The standard InChI is InChI=1S/C30H54O3S.C2H7N5.Na/c1-4-7-10-13-16-19-22-27-25-26-30(34(31,32)33)29(24-21-18-15-12-9-6-3)28(27)23-20-17-14-11-8-5-2;3-1(4)7-2(5)6;/h25-26H,4-24H2,1-3H3,(H,31,32,33);(H7,3,4,5,6,7);/q;;+1/p-1. The summed E-state index contributed by atoms with van der Waals surface area (Å²) in [5, 5.41) is 15.0. The molecule has 10 heteroatoms. The zero-order valence-corrected chi connectivity index (χ0v) is 30.1. The van der Waals surface area contributed by atoms with Crippen LogP contribution in [0.3, 0.4) is 0 Å². The maximum atomic E-state index is 12.1. The molecule has 1 aromatic carbocycles. The third-order valence-corrected chi connectivity index (χ3v) is 8.31. The van der Waals surface area contributed by atoms with Crippen LogP contribution in [0.5, 0.6) is 0 Å². The quantitative estimate of drug-likeness (QED) is 0.0416. The molecule has 7 N–H and O–H groups in total. The Morgan fingerprint density at radius 2 is 1.00 bits per heavy atom. The molecule has 0 aromatic heterocycles. The van der Waals surface area contributed by atoms with E-state index in [1.807, 2.05) is 11.4 Å². The third-order valence-electron chi connectivity index (χ3n) is 7.38. The first-order valence-corrected chi connectivity index (χ1v) is 17.5. The molecule has 0 heterocycles. The van der Waals surface area contributed by atoms with Crippen LogP contribution in [0.4, 0.5) is 0 Å². The molecule has 0 saturated heterocycles. The fourth-order valence-corrected chi connectivity index (χ4v) is 5.94. The summed E-state index contributed by atoms with van der Waals surface area (Å²) >= 11 is 0. The minimum Gasteiger partial charge on any atom is -0.744 e. The van der Waals surface area contributed by atoms with E-state index < -0.39 is 10.1 Å². The number of rotatable bonds is 22. The predicted molar refractivity (Wildman–Crippen MR) is 173 cm³/mol. The predicted octanol–water partition coefficient (Wildman–Crippen LogP) is 4.67. The largest absolute Gasteiger partial charge is 1.00 e. The fraction of sp³-hybridized carbons (Fsp3) is 0.750. The van der Waals surface area contributed by atoms with Crippen molar-refractivity contribution in [1.82, 2.24) is 5.32 Å². The first-order chi connectivity index (χ1) is 19.6. The second kappa shape index (κ2) is 27.4. The van der Waals surface area contributed by atoms with Crippen molar-refractivity contribution < 1.29 is 42.5 Å². The molecular weight excluding hydrogens is 557 g/mol. The maximum absolute atomic E-state index is 12.1. The average Bonchev–Trinajstić information content (AvgIpc) is 2.89. The first kappa shape index (κ1) is 43.0. The van der Waals surface area contributed by atoms with Gasteiger partial charge < -0.3 is 16.0 Å². The van der Waals surface area contributed by atoms with E-state index in [0.29, 0.717) is 0 Å². The van der Waals surface area contributed by atoms with E-state index in [1.165, 1.54) is 101 Å². The first-order valence-electron chi connectivity index (χ1n) is 16.1. The maximum Gasteiger partial charge on any atom is 1.00 e. The van der Waals surface area contributed by atoms with Crippen LogP contribution in [0.2, 0.25) is 0 Å². The Balaban J connectivity index is 0. The van der Waals surface area contributed by atoms with Crippen LogP contribution in [-0.4, -0.2) is 24.9 Å². The Kier molecular flexibility index (Phi) is 28.1. The average molecular weight is 618 g/mol. The number of guanidine groups is 2. The van der Waals surface area contributed by atoms with Gasteiger partial charge in [-0.05, 0) is 61.3 Å². The third kappa shape index (κ3) is 22.4. The second-order valence-corrected chi connectivity index (χ2v) is 12.5. The van der Waals surface area contributed by atoms with Gasteiger partial charge in [0.05, 0.1) is 4.90 Å². The van der Waals surface area contributed by atoms with Crippen LogP contribution in [0, 0.1) is 10.8 Å². The molecule has 0 amide bonds. The molecule has 1 aromatic rings. The summed E-state index contributed by atoms with van der Waals surface area (Å²) in [4.78, 5) is 0.0498. The smallest absolute Gasteiger partial charge is 0.744 e. The molecule has 0 aliphatic heterocycles. The Morgan fingerprint density at radius 3 is 1.36 bits per heavy atom.